The highest BCUT2D eigenvalue weighted by atomic mass is 32.1. The summed E-state index contributed by atoms with van der Waals surface area (Å²) in [7, 11) is 0. The molecular weight excluding hydrogens is 240 g/mol. The van der Waals surface area contributed by atoms with Crippen LogP contribution in [-0.4, -0.2) is 11.4 Å². The fourth-order valence-corrected chi connectivity index (χ4v) is 2.74. The van der Waals surface area contributed by atoms with E-state index in [-0.39, 0.29) is 0 Å². The first-order valence-electron chi connectivity index (χ1n) is 6.28. The third-order valence-corrected chi connectivity index (χ3v) is 4.01. The van der Waals surface area contributed by atoms with Crippen LogP contribution in [0.3, 0.4) is 0 Å². The van der Waals surface area contributed by atoms with Gasteiger partial charge >= 0.3 is 0 Å². The SMILES string of the molecule is CCN(Cc1ccc(N)c(C)c1)Cc1cccs1. The van der Waals surface area contributed by atoms with Gasteiger partial charge in [-0.2, -0.15) is 0 Å². The molecule has 0 aliphatic rings. The van der Waals surface area contributed by atoms with Crippen LogP contribution in [0.25, 0.3) is 0 Å². The number of thiophene rings is 1. The normalized spacial score (nSPS) is 11.1. The molecule has 2 rings (SSSR count). The highest BCUT2D eigenvalue weighted by Gasteiger charge is 2.06. The standard InChI is InChI=1S/C15H20N2S/c1-3-17(11-14-5-4-8-18-14)10-13-6-7-15(16)12(2)9-13/h4-9H,3,10-11,16H2,1-2H3. The molecule has 1 aromatic heterocycles. The number of benzene rings is 1. The van der Waals surface area contributed by atoms with Crippen molar-refractivity contribution in [2.75, 3.05) is 12.3 Å². The van der Waals surface area contributed by atoms with Crippen LogP contribution in [0.5, 0.6) is 0 Å². The molecule has 0 unspecified atom stereocenters. The van der Waals surface area contributed by atoms with Crippen molar-refractivity contribution < 1.29 is 0 Å². The molecule has 0 atom stereocenters. The number of hydrogen-bond donors (Lipinski definition) is 1. The Labute approximate surface area is 113 Å². The molecule has 18 heavy (non-hydrogen) atoms. The zero-order valence-electron chi connectivity index (χ0n) is 11.0. The molecule has 3 heteroatoms. The first-order chi connectivity index (χ1) is 8.69. The first kappa shape index (κ1) is 13.1. The zero-order chi connectivity index (χ0) is 13.0. The van der Waals surface area contributed by atoms with Crippen molar-refractivity contribution in [1.29, 1.82) is 0 Å². The zero-order valence-corrected chi connectivity index (χ0v) is 11.8. The Morgan fingerprint density at radius 1 is 1.22 bits per heavy atom. The maximum absolute atomic E-state index is 5.85. The summed E-state index contributed by atoms with van der Waals surface area (Å²) in [5.41, 5.74) is 9.22. The molecule has 0 amide bonds. The van der Waals surface area contributed by atoms with Gasteiger partial charge in [0.15, 0.2) is 0 Å². The number of rotatable bonds is 5. The van der Waals surface area contributed by atoms with Gasteiger partial charge in [0, 0.05) is 23.7 Å². The minimum absolute atomic E-state index is 0.875. The molecule has 0 saturated heterocycles. The van der Waals surface area contributed by atoms with E-state index in [0.717, 1.165) is 25.3 Å². The summed E-state index contributed by atoms with van der Waals surface area (Å²) in [6.07, 6.45) is 0. The molecule has 1 aromatic carbocycles. The molecule has 2 N–H and O–H groups in total. The summed E-state index contributed by atoms with van der Waals surface area (Å²) in [6.45, 7) is 7.33. The van der Waals surface area contributed by atoms with E-state index in [1.165, 1.54) is 16.0 Å². The maximum atomic E-state index is 5.85. The maximum Gasteiger partial charge on any atom is 0.0343 e. The van der Waals surface area contributed by atoms with E-state index in [2.05, 4.69) is 48.4 Å². The Kier molecular flexibility index (Phi) is 4.39. The molecule has 2 aromatic rings. The van der Waals surface area contributed by atoms with Gasteiger partial charge in [0.05, 0.1) is 0 Å². The van der Waals surface area contributed by atoms with Gasteiger partial charge in [0.25, 0.3) is 0 Å². The highest BCUT2D eigenvalue weighted by molar-refractivity contribution is 7.09. The van der Waals surface area contributed by atoms with E-state index < -0.39 is 0 Å². The minimum atomic E-state index is 0.875. The van der Waals surface area contributed by atoms with E-state index in [0.29, 0.717) is 0 Å². The van der Waals surface area contributed by atoms with E-state index >= 15 is 0 Å². The lowest BCUT2D eigenvalue weighted by molar-refractivity contribution is 0.274. The Morgan fingerprint density at radius 2 is 2.06 bits per heavy atom. The molecule has 0 saturated carbocycles. The number of nitrogens with two attached hydrogens (primary N) is 1. The second-order valence-corrected chi connectivity index (χ2v) is 5.61. The molecule has 0 aliphatic heterocycles. The fraction of sp³-hybridized carbons (Fsp3) is 0.333. The van der Waals surface area contributed by atoms with Crippen molar-refractivity contribution in [3.63, 3.8) is 0 Å². The molecule has 96 valence electrons. The van der Waals surface area contributed by atoms with E-state index in [9.17, 15) is 0 Å². The summed E-state index contributed by atoms with van der Waals surface area (Å²) in [5, 5.41) is 2.14. The monoisotopic (exact) mass is 260 g/mol. The summed E-state index contributed by atoms with van der Waals surface area (Å²) < 4.78 is 0. The Bertz CT molecular complexity index is 491. The molecule has 0 fully saturated rings. The van der Waals surface area contributed by atoms with Crippen LogP contribution in [0.4, 0.5) is 5.69 Å². The van der Waals surface area contributed by atoms with Crippen LogP contribution in [0.15, 0.2) is 35.7 Å². The van der Waals surface area contributed by atoms with Crippen molar-refractivity contribution in [2.45, 2.75) is 26.9 Å². The van der Waals surface area contributed by atoms with Gasteiger partial charge in [-0.05, 0) is 42.1 Å². The van der Waals surface area contributed by atoms with Crippen LogP contribution >= 0.6 is 11.3 Å². The molecule has 0 aliphatic carbocycles. The Morgan fingerprint density at radius 3 is 2.67 bits per heavy atom. The van der Waals surface area contributed by atoms with E-state index in [4.69, 9.17) is 5.73 Å². The lowest BCUT2D eigenvalue weighted by atomic mass is 10.1. The van der Waals surface area contributed by atoms with Crippen LogP contribution in [0.1, 0.15) is 22.9 Å². The Balaban J connectivity index is 2.03. The lowest BCUT2D eigenvalue weighted by Gasteiger charge is -2.20. The van der Waals surface area contributed by atoms with Crippen LogP contribution < -0.4 is 5.73 Å². The smallest absolute Gasteiger partial charge is 0.0343 e. The fourth-order valence-electron chi connectivity index (χ4n) is 2.00. The van der Waals surface area contributed by atoms with Crippen molar-refractivity contribution in [1.82, 2.24) is 4.90 Å². The van der Waals surface area contributed by atoms with Crippen LogP contribution in [-0.2, 0) is 13.1 Å². The van der Waals surface area contributed by atoms with E-state index in [1.54, 1.807) is 0 Å². The molecule has 2 nitrogen and oxygen atoms in total. The molecule has 0 radical (unpaired) electrons. The van der Waals surface area contributed by atoms with Crippen LogP contribution in [0.2, 0.25) is 0 Å². The van der Waals surface area contributed by atoms with Crippen molar-refractivity contribution >= 4 is 17.0 Å². The Hall–Kier alpha value is -1.32. The average molecular weight is 260 g/mol. The van der Waals surface area contributed by atoms with E-state index in [1.807, 2.05) is 17.4 Å². The molecule has 0 bridgehead atoms. The van der Waals surface area contributed by atoms with Gasteiger partial charge in [-0.1, -0.05) is 25.1 Å². The molecule has 1 heterocycles. The van der Waals surface area contributed by atoms with Gasteiger partial charge in [0.2, 0.25) is 0 Å². The van der Waals surface area contributed by atoms with Gasteiger partial charge in [-0.15, -0.1) is 11.3 Å². The van der Waals surface area contributed by atoms with Crippen molar-refractivity contribution in [3.8, 4) is 0 Å². The average Bonchev–Trinajstić information content (AvgIpc) is 2.86. The number of nitrogen functional groups attached to an aromatic ring is 1. The minimum Gasteiger partial charge on any atom is -0.399 e. The summed E-state index contributed by atoms with van der Waals surface area (Å²) in [6, 6.07) is 10.6. The largest absolute Gasteiger partial charge is 0.399 e. The number of nitrogens with zero attached hydrogens (tertiary/aromatic N) is 1. The lowest BCUT2D eigenvalue weighted by Crippen LogP contribution is -2.21. The highest BCUT2D eigenvalue weighted by Crippen LogP contribution is 2.17. The quantitative estimate of drug-likeness (QED) is 0.831. The second kappa shape index (κ2) is 6.03. The van der Waals surface area contributed by atoms with Crippen LogP contribution in [0, 0.1) is 6.92 Å². The number of anilines is 1. The summed E-state index contributed by atoms with van der Waals surface area (Å²) in [4.78, 5) is 3.86. The number of aryl methyl sites for hydroxylation is 1. The predicted molar refractivity (Wildman–Crippen MR) is 79.7 cm³/mol. The van der Waals surface area contributed by atoms with Crippen molar-refractivity contribution in [3.05, 3.63) is 51.7 Å². The second-order valence-electron chi connectivity index (χ2n) is 4.57. The van der Waals surface area contributed by atoms with Gasteiger partial charge in [-0.25, -0.2) is 0 Å². The molecular formula is C15H20N2S. The third-order valence-electron chi connectivity index (χ3n) is 3.15. The molecule has 0 spiro atoms. The van der Waals surface area contributed by atoms with Gasteiger partial charge < -0.3 is 5.73 Å². The summed E-state index contributed by atoms with van der Waals surface area (Å²) in [5.74, 6) is 0. The van der Waals surface area contributed by atoms with Gasteiger partial charge in [0.1, 0.15) is 0 Å². The summed E-state index contributed by atoms with van der Waals surface area (Å²) >= 11 is 1.82. The first-order valence-corrected chi connectivity index (χ1v) is 7.16. The van der Waals surface area contributed by atoms with Crippen molar-refractivity contribution in [2.24, 2.45) is 0 Å². The third kappa shape index (κ3) is 3.34. The number of hydrogen-bond acceptors (Lipinski definition) is 3. The predicted octanol–water partition coefficient (Wildman–Crippen LogP) is 3.66. The topological polar surface area (TPSA) is 29.3 Å². The van der Waals surface area contributed by atoms with Gasteiger partial charge in [-0.3, -0.25) is 4.90 Å².